The Morgan fingerprint density at radius 1 is 1.29 bits per heavy atom. The lowest BCUT2D eigenvalue weighted by Gasteiger charge is -2.23. The number of alkyl halides is 3. The molecule has 1 aromatic carbocycles. The van der Waals surface area contributed by atoms with E-state index >= 15 is 0 Å². The Morgan fingerprint density at radius 2 is 1.92 bits per heavy atom. The second-order valence-electron chi connectivity index (χ2n) is 5.27. The SMILES string of the molecule is COC(=O)c1cc(Cl)cc(Cl)c1N1C[C@@H](C(F)(F)F)[C@H](C(=O)O)C1. The number of benzene rings is 1. The molecule has 0 unspecified atom stereocenters. The van der Waals surface area contributed by atoms with Gasteiger partial charge in [0.15, 0.2) is 0 Å². The average Bonchev–Trinajstić information content (AvgIpc) is 2.90. The minimum absolute atomic E-state index is 0.0223. The Labute approximate surface area is 144 Å². The molecule has 2 rings (SSSR count). The van der Waals surface area contributed by atoms with Gasteiger partial charge in [0.05, 0.1) is 35.2 Å². The van der Waals surface area contributed by atoms with E-state index in [-0.39, 0.29) is 21.3 Å². The van der Waals surface area contributed by atoms with Crippen LogP contribution in [0.1, 0.15) is 10.4 Å². The topological polar surface area (TPSA) is 66.8 Å². The van der Waals surface area contributed by atoms with Crippen LogP contribution in [0.15, 0.2) is 12.1 Å². The molecule has 0 radical (unpaired) electrons. The van der Waals surface area contributed by atoms with Gasteiger partial charge in [0.1, 0.15) is 0 Å². The largest absolute Gasteiger partial charge is 0.481 e. The fraction of sp³-hybridized carbons (Fsp3) is 0.429. The van der Waals surface area contributed by atoms with Gasteiger partial charge in [-0.25, -0.2) is 4.79 Å². The van der Waals surface area contributed by atoms with Crippen molar-refractivity contribution in [2.45, 2.75) is 6.18 Å². The van der Waals surface area contributed by atoms with Gasteiger partial charge in [-0.15, -0.1) is 0 Å². The monoisotopic (exact) mass is 385 g/mol. The summed E-state index contributed by atoms with van der Waals surface area (Å²) in [5, 5.41) is 9.12. The number of carbonyl (C=O) groups excluding carboxylic acids is 1. The number of ether oxygens (including phenoxy) is 1. The minimum Gasteiger partial charge on any atom is -0.481 e. The molecule has 132 valence electrons. The molecule has 1 aliphatic rings. The number of rotatable bonds is 3. The Morgan fingerprint density at radius 3 is 2.38 bits per heavy atom. The van der Waals surface area contributed by atoms with E-state index in [0.29, 0.717) is 0 Å². The van der Waals surface area contributed by atoms with Crippen molar-refractivity contribution in [1.29, 1.82) is 0 Å². The van der Waals surface area contributed by atoms with Crippen LogP contribution in [-0.4, -0.2) is 43.4 Å². The van der Waals surface area contributed by atoms with E-state index in [9.17, 15) is 22.8 Å². The smallest absolute Gasteiger partial charge is 0.394 e. The molecule has 0 bridgehead atoms. The molecule has 24 heavy (non-hydrogen) atoms. The number of nitrogens with zero attached hydrogens (tertiary/aromatic N) is 1. The first-order valence-corrected chi connectivity index (χ1v) is 7.43. The molecular weight excluding hydrogens is 374 g/mol. The summed E-state index contributed by atoms with van der Waals surface area (Å²) < 4.78 is 43.9. The van der Waals surface area contributed by atoms with Crippen molar-refractivity contribution in [3.8, 4) is 0 Å². The highest BCUT2D eigenvalue weighted by Crippen LogP contribution is 2.43. The molecular formula is C14H12Cl2F3NO4. The minimum atomic E-state index is -4.69. The molecule has 0 aliphatic carbocycles. The number of carboxylic acids is 1. The molecule has 0 amide bonds. The molecule has 0 spiro atoms. The second kappa shape index (κ2) is 6.68. The van der Waals surface area contributed by atoms with E-state index in [2.05, 4.69) is 4.74 Å². The maximum absolute atomic E-state index is 13.1. The number of methoxy groups -OCH3 is 1. The summed E-state index contributed by atoms with van der Waals surface area (Å²) in [4.78, 5) is 24.2. The van der Waals surface area contributed by atoms with Crippen molar-refractivity contribution in [3.05, 3.63) is 27.7 Å². The van der Waals surface area contributed by atoms with E-state index < -0.39 is 43.0 Å². The van der Waals surface area contributed by atoms with E-state index in [1.807, 2.05) is 0 Å². The van der Waals surface area contributed by atoms with Crippen molar-refractivity contribution < 1.29 is 32.6 Å². The number of aliphatic carboxylic acids is 1. The van der Waals surface area contributed by atoms with Crippen molar-refractivity contribution in [2.75, 3.05) is 25.1 Å². The van der Waals surface area contributed by atoms with E-state index in [0.717, 1.165) is 12.0 Å². The zero-order valence-electron chi connectivity index (χ0n) is 12.2. The van der Waals surface area contributed by atoms with Crippen LogP contribution in [0.25, 0.3) is 0 Å². The highest BCUT2D eigenvalue weighted by Gasteiger charge is 2.53. The van der Waals surface area contributed by atoms with Gasteiger partial charge in [-0.05, 0) is 12.1 Å². The number of carbonyl (C=O) groups is 2. The number of hydrogen-bond acceptors (Lipinski definition) is 4. The lowest BCUT2D eigenvalue weighted by atomic mass is 9.96. The summed E-state index contributed by atoms with van der Waals surface area (Å²) in [6.07, 6.45) is -4.69. The number of hydrogen-bond donors (Lipinski definition) is 1. The van der Waals surface area contributed by atoms with Crippen LogP contribution in [-0.2, 0) is 9.53 Å². The summed E-state index contributed by atoms with van der Waals surface area (Å²) in [7, 11) is 1.10. The standard InChI is InChI=1S/C14H12Cl2F3NO4/c1-24-13(23)7-2-6(15)3-10(16)11(7)20-4-8(12(21)22)9(5-20)14(17,18)19/h2-3,8-9H,4-5H2,1H3,(H,21,22)/t8-,9-/m1/s1. The van der Waals surface area contributed by atoms with E-state index in [1.54, 1.807) is 0 Å². The van der Waals surface area contributed by atoms with Gasteiger partial charge in [0.25, 0.3) is 0 Å². The molecule has 2 atom stereocenters. The maximum Gasteiger partial charge on any atom is 0.394 e. The van der Waals surface area contributed by atoms with Crippen LogP contribution in [0.4, 0.5) is 18.9 Å². The van der Waals surface area contributed by atoms with Crippen molar-refractivity contribution in [2.24, 2.45) is 11.8 Å². The zero-order valence-corrected chi connectivity index (χ0v) is 13.7. The zero-order chi connectivity index (χ0) is 18.2. The molecule has 10 heteroatoms. The third kappa shape index (κ3) is 3.54. The average molecular weight is 386 g/mol. The third-order valence-electron chi connectivity index (χ3n) is 3.81. The Bertz CT molecular complexity index is 681. The quantitative estimate of drug-likeness (QED) is 0.806. The Kier molecular flexibility index (Phi) is 5.19. The fourth-order valence-corrected chi connectivity index (χ4v) is 3.33. The summed E-state index contributed by atoms with van der Waals surface area (Å²) in [6, 6.07) is 2.48. The van der Waals surface area contributed by atoms with Crippen LogP contribution in [0, 0.1) is 11.8 Å². The summed E-state index contributed by atoms with van der Waals surface area (Å²) >= 11 is 11.9. The third-order valence-corrected chi connectivity index (χ3v) is 4.31. The van der Waals surface area contributed by atoms with Crippen LogP contribution in [0.2, 0.25) is 10.0 Å². The van der Waals surface area contributed by atoms with Crippen LogP contribution >= 0.6 is 23.2 Å². The molecule has 1 aromatic rings. The first-order valence-electron chi connectivity index (χ1n) is 6.68. The fourth-order valence-electron chi connectivity index (χ4n) is 2.72. The first-order chi connectivity index (χ1) is 11.1. The van der Waals surface area contributed by atoms with Gasteiger partial charge in [-0.3, -0.25) is 4.79 Å². The van der Waals surface area contributed by atoms with Gasteiger partial charge in [0, 0.05) is 18.1 Å². The first kappa shape index (κ1) is 18.7. The molecule has 5 nitrogen and oxygen atoms in total. The van der Waals surface area contributed by atoms with Crippen molar-refractivity contribution in [3.63, 3.8) is 0 Å². The van der Waals surface area contributed by atoms with Crippen LogP contribution in [0.5, 0.6) is 0 Å². The lowest BCUT2D eigenvalue weighted by molar-refractivity contribution is -0.187. The molecule has 1 aliphatic heterocycles. The van der Waals surface area contributed by atoms with Crippen molar-refractivity contribution in [1.82, 2.24) is 0 Å². The van der Waals surface area contributed by atoms with Crippen LogP contribution in [0.3, 0.4) is 0 Å². The van der Waals surface area contributed by atoms with Gasteiger partial charge >= 0.3 is 18.1 Å². The van der Waals surface area contributed by atoms with E-state index in [4.69, 9.17) is 28.3 Å². The number of esters is 1. The van der Waals surface area contributed by atoms with Gasteiger partial charge in [-0.1, -0.05) is 23.2 Å². The second-order valence-corrected chi connectivity index (χ2v) is 6.12. The molecule has 0 saturated carbocycles. The van der Waals surface area contributed by atoms with E-state index in [1.165, 1.54) is 12.1 Å². The molecule has 0 aromatic heterocycles. The number of halogens is 5. The number of anilines is 1. The van der Waals surface area contributed by atoms with Gasteiger partial charge in [-0.2, -0.15) is 13.2 Å². The Hall–Kier alpha value is -1.67. The Balaban J connectivity index is 2.49. The normalized spacial score (nSPS) is 21.0. The number of carboxylic acid groups (broad SMARTS) is 1. The molecule has 1 heterocycles. The lowest BCUT2D eigenvalue weighted by Crippen LogP contribution is -2.33. The maximum atomic E-state index is 13.1. The highest BCUT2D eigenvalue weighted by molar-refractivity contribution is 6.37. The molecule has 1 fully saturated rings. The summed E-state index contributed by atoms with van der Waals surface area (Å²) in [5.74, 6) is -6.14. The molecule has 1 saturated heterocycles. The van der Waals surface area contributed by atoms with Gasteiger partial charge in [0.2, 0.25) is 0 Å². The molecule has 1 N–H and O–H groups in total. The summed E-state index contributed by atoms with van der Waals surface area (Å²) in [6.45, 7) is -1.07. The van der Waals surface area contributed by atoms with Gasteiger partial charge < -0.3 is 14.7 Å². The summed E-state index contributed by atoms with van der Waals surface area (Å²) in [5.41, 5.74) is -0.145. The van der Waals surface area contributed by atoms with Crippen LogP contribution < -0.4 is 4.90 Å². The predicted molar refractivity (Wildman–Crippen MR) is 80.7 cm³/mol. The predicted octanol–water partition coefficient (Wildman–Crippen LogP) is 3.48. The highest BCUT2D eigenvalue weighted by atomic mass is 35.5. The van der Waals surface area contributed by atoms with Crippen molar-refractivity contribution >= 4 is 40.8 Å².